The molecule has 6 nitrogen and oxygen atoms in total. The van der Waals surface area contributed by atoms with Gasteiger partial charge in [0.25, 0.3) is 0 Å². The number of nitrogens with zero attached hydrogens (tertiary/aromatic N) is 3. The molecule has 0 bridgehead atoms. The quantitative estimate of drug-likeness (QED) is 0.843. The summed E-state index contributed by atoms with van der Waals surface area (Å²) >= 11 is 0. The van der Waals surface area contributed by atoms with Crippen LogP contribution in [0.2, 0.25) is 0 Å². The van der Waals surface area contributed by atoms with Crippen LogP contribution in [0.4, 0.5) is 11.8 Å². The van der Waals surface area contributed by atoms with Crippen LogP contribution in [0.3, 0.4) is 0 Å². The van der Waals surface area contributed by atoms with Crippen LogP contribution in [0.1, 0.15) is 23.9 Å². The molecule has 0 spiro atoms. The predicted octanol–water partition coefficient (Wildman–Crippen LogP) is 2.13. The Hall–Kier alpha value is -2.11. The Morgan fingerprint density at radius 2 is 2.11 bits per heavy atom. The van der Waals surface area contributed by atoms with Gasteiger partial charge in [0.2, 0.25) is 5.95 Å². The van der Waals surface area contributed by atoms with Crippen LogP contribution in [0.15, 0.2) is 16.8 Å². The molecule has 0 amide bonds. The number of nitrogens with one attached hydrogen (secondary N) is 2. The fourth-order valence-corrected chi connectivity index (χ4v) is 1.54. The minimum Gasteiger partial charge on any atom is -0.364 e. The summed E-state index contributed by atoms with van der Waals surface area (Å²) in [7, 11) is 0. The normalized spacial score (nSPS) is 10.4. The monoisotopic (exact) mass is 247 g/mol. The van der Waals surface area contributed by atoms with Crippen LogP contribution >= 0.6 is 0 Å². The molecule has 96 valence electrons. The van der Waals surface area contributed by atoms with E-state index < -0.39 is 0 Å². The van der Waals surface area contributed by atoms with Gasteiger partial charge in [0.1, 0.15) is 17.3 Å². The Kier molecular flexibility index (Phi) is 3.76. The molecule has 0 aliphatic rings. The molecule has 6 heteroatoms. The number of hydrogen-bond donors (Lipinski definition) is 2. The second-order valence-corrected chi connectivity index (χ2v) is 4.04. The first-order valence-corrected chi connectivity index (χ1v) is 5.92. The lowest BCUT2D eigenvalue weighted by Gasteiger charge is -2.08. The molecule has 2 aromatic rings. The summed E-state index contributed by atoms with van der Waals surface area (Å²) < 4.78 is 5.01. The minimum absolute atomic E-state index is 0.584. The highest BCUT2D eigenvalue weighted by molar-refractivity contribution is 5.46. The highest BCUT2D eigenvalue weighted by Crippen LogP contribution is 2.13. The molecule has 2 N–H and O–H groups in total. The van der Waals surface area contributed by atoms with Crippen molar-refractivity contribution in [1.29, 1.82) is 0 Å². The molecule has 2 heterocycles. The van der Waals surface area contributed by atoms with Crippen molar-refractivity contribution >= 4 is 11.8 Å². The average molecular weight is 247 g/mol. The zero-order valence-electron chi connectivity index (χ0n) is 10.8. The summed E-state index contributed by atoms with van der Waals surface area (Å²) in [5.41, 5.74) is 1.85. The van der Waals surface area contributed by atoms with Gasteiger partial charge in [-0.15, -0.1) is 0 Å². The van der Waals surface area contributed by atoms with Gasteiger partial charge in [0, 0.05) is 24.4 Å². The van der Waals surface area contributed by atoms with Gasteiger partial charge < -0.3 is 15.2 Å². The van der Waals surface area contributed by atoms with Gasteiger partial charge in [-0.3, -0.25) is 0 Å². The topological polar surface area (TPSA) is 75.9 Å². The largest absolute Gasteiger partial charge is 0.364 e. The first-order chi connectivity index (χ1) is 8.69. The van der Waals surface area contributed by atoms with E-state index in [0.29, 0.717) is 12.5 Å². The predicted molar refractivity (Wildman–Crippen MR) is 69.5 cm³/mol. The average Bonchev–Trinajstić information content (AvgIpc) is 2.76. The van der Waals surface area contributed by atoms with E-state index in [1.165, 1.54) is 0 Å². The molecule has 0 fully saturated rings. The van der Waals surface area contributed by atoms with E-state index in [1.54, 1.807) is 6.20 Å². The third kappa shape index (κ3) is 2.97. The summed E-state index contributed by atoms with van der Waals surface area (Å²) in [6, 6.07) is 1.90. The lowest BCUT2D eigenvalue weighted by molar-refractivity contribution is 0.391. The minimum atomic E-state index is 0.584. The van der Waals surface area contributed by atoms with Crippen molar-refractivity contribution in [2.24, 2.45) is 0 Å². The zero-order valence-corrected chi connectivity index (χ0v) is 10.8. The van der Waals surface area contributed by atoms with Crippen molar-refractivity contribution in [3.63, 3.8) is 0 Å². The van der Waals surface area contributed by atoms with E-state index >= 15 is 0 Å². The Balaban J connectivity index is 2.05. The summed E-state index contributed by atoms with van der Waals surface area (Å²) in [5, 5.41) is 10.2. The highest BCUT2D eigenvalue weighted by Gasteiger charge is 2.05. The maximum atomic E-state index is 5.01. The Morgan fingerprint density at radius 3 is 2.78 bits per heavy atom. The van der Waals surface area contributed by atoms with E-state index in [-0.39, 0.29) is 0 Å². The van der Waals surface area contributed by atoms with E-state index in [1.807, 2.05) is 26.8 Å². The summed E-state index contributed by atoms with van der Waals surface area (Å²) in [4.78, 5) is 8.58. The third-order valence-corrected chi connectivity index (χ3v) is 2.42. The van der Waals surface area contributed by atoms with Gasteiger partial charge in [-0.1, -0.05) is 5.16 Å². The zero-order chi connectivity index (χ0) is 13.0. The first kappa shape index (κ1) is 12.3. The molecule has 0 aliphatic heterocycles. The van der Waals surface area contributed by atoms with Crippen LogP contribution < -0.4 is 10.6 Å². The summed E-state index contributed by atoms with van der Waals surface area (Å²) in [6.07, 6.45) is 1.79. The lowest BCUT2D eigenvalue weighted by atomic mass is 10.3. The molecule has 0 aromatic carbocycles. The van der Waals surface area contributed by atoms with Crippen molar-refractivity contribution in [2.75, 3.05) is 17.2 Å². The van der Waals surface area contributed by atoms with Crippen LogP contribution in [0, 0.1) is 13.8 Å². The molecule has 2 rings (SSSR count). The molecular weight excluding hydrogens is 230 g/mol. The molecule has 2 aromatic heterocycles. The maximum Gasteiger partial charge on any atom is 0.224 e. The van der Waals surface area contributed by atoms with Crippen molar-refractivity contribution in [1.82, 2.24) is 15.1 Å². The third-order valence-electron chi connectivity index (χ3n) is 2.42. The van der Waals surface area contributed by atoms with Crippen LogP contribution in [0.5, 0.6) is 0 Å². The van der Waals surface area contributed by atoms with Crippen molar-refractivity contribution in [3.8, 4) is 0 Å². The van der Waals surface area contributed by atoms with E-state index in [9.17, 15) is 0 Å². The molecule has 0 aliphatic carbocycles. The summed E-state index contributed by atoms with van der Waals surface area (Å²) in [5.74, 6) is 2.24. The van der Waals surface area contributed by atoms with E-state index in [0.717, 1.165) is 29.4 Å². The van der Waals surface area contributed by atoms with Gasteiger partial charge in [-0.05, 0) is 20.8 Å². The number of aryl methyl sites for hydroxylation is 2. The van der Waals surface area contributed by atoms with Gasteiger partial charge >= 0.3 is 0 Å². The Bertz CT molecular complexity index is 523. The molecular formula is C12H17N5O. The van der Waals surface area contributed by atoms with E-state index in [4.69, 9.17) is 4.52 Å². The van der Waals surface area contributed by atoms with Gasteiger partial charge in [0.15, 0.2) is 0 Å². The van der Waals surface area contributed by atoms with Crippen molar-refractivity contribution in [3.05, 3.63) is 29.3 Å². The SMILES string of the molecule is CCNc1ncc(C)c(NCc2cc(C)on2)n1. The van der Waals surface area contributed by atoms with Gasteiger partial charge in [-0.2, -0.15) is 4.98 Å². The number of aromatic nitrogens is 3. The second-order valence-electron chi connectivity index (χ2n) is 4.04. The maximum absolute atomic E-state index is 5.01. The smallest absolute Gasteiger partial charge is 0.224 e. The van der Waals surface area contributed by atoms with Crippen LogP contribution in [-0.4, -0.2) is 21.7 Å². The first-order valence-electron chi connectivity index (χ1n) is 5.92. The number of hydrogen-bond acceptors (Lipinski definition) is 6. The molecule has 18 heavy (non-hydrogen) atoms. The van der Waals surface area contributed by atoms with Crippen molar-refractivity contribution < 1.29 is 4.52 Å². The molecule has 0 saturated heterocycles. The Morgan fingerprint density at radius 1 is 1.28 bits per heavy atom. The standard InChI is InChI=1S/C12H17N5O/c1-4-13-12-15-6-8(2)11(16-12)14-7-10-5-9(3)18-17-10/h5-6H,4,7H2,1-3H3,(H2,13,14,15,16). The second kappa shape index (κ2) is 5.48. The van der Waals surface area contributed by atoms with Crippen LogP contribution in [0.25, 0.3) is 0 Å². The number of anilines is 2. The fraction of sp³-hybridized carbons (Fsp3) is 0.417. The fourth-order valence-electron chi connectivity index (χ4n) is 1.54. The van der Waals surface area contributed by atoms with Crippen molar-refractivity contribution in [2.45, 2.75) is 27.3 Å². The lowest BCUT2D eigenvalue weighted by Crippen LogP contribution is -2.08. The van der Waals surface area contributed by atoms with E-state index in [2.05, 4.69) is 25.8 Å². The van der Waals surface area contributed by atoms with Gasteiger partial charge in [0.05, 0.1) is 6.54 Å². The molecule has 0 saturated carbocycles. The summed E-state index contributed by atoms with van der Waals surface area (Å²) in [6.45, 7) is 7.22. The molecule has 0 radical (unpaired) electrons. The van der Waals surface area contributed by atoms with Crippen LogP contribution in [-0.2, 0) is 6.54 Å². The Labute approximate surface area is 106 Å². The molecule has 0 atom stereocenters. The van der Waals surface area contributed by atoms with Gasteiger partial charge in [-0.25, -0.2) is 4.98 Å². The number of rotatable bonds is 5. The molecule has 0 unspecified atom stereocenters. The highest BCUT2D eigenvalue weighted by atomic mass is 16.5.